The first-order chi connectivity index (χ1) is 5.86. The van der Waals surface area contributed by atoms with Crippen molar-refractivity contribution in [3.05, 3.63) is 0 Å². The fourth-order valence-electron chi connectivity index (χ4n) is 0.583. The minimum Gasteiger partial charge on any atom is -0.480 e. The van der Waals surface area contributed by atoms with Crippen LogP contribution >= 0.6 is 0 Å². The molecule has 0 radical (unpaired) electrons. The molecule has 2 N–H and O–H groups in total. The van der Waals surface area contributed by atoms with E-state index in [4.69, 9.17) is 5.11 Å². The lowest BCUT2D eigenvalue weighted by Gasteiger charge is -2.23. The summed E-state index contributed by atoms with van der Waals surface area (Å²) in [5.41, 5.74) is 0. The number of carboxylic acids is 1. The van der Waals surface area contributed by atoms with Gasteiger partial charge in [0, 0.05) is 13.1 Å². The summed E-state index contributed by atoms with van der Waals surface area (Å²) >= 11 is 0. The monoisotopic (exact) mass is 188 g/mol. The summed E-state index contributed by atoms with van der Waals surface area (Å²) in [5.74, 6) is -1.04. The van der Waals surface area contributed by atoms with Crippen molar-refractivity contribution >= 4 is 12.0 Å². The molecule has 0 aliphatic rings. The molecule has 0 aromatic heterocycles. The number of nitrogens with zero attached hydrogens (tertiary/aromatic N) is 1. The van der Waals surface area contributed by atoms with Crippen LogP contribution in [0, 0.1) is 0 Å². The van der Waals surface area contributed by atoms with E-state index in [-0.39, 0.29) is 12.1 Å². The van der Waals surface area contributed by atoms with Gasteiger partial charge in [-0.05, 0) is 20.8 Å². The average molecular weight is 188 g/mol. The van der Waals surface area contributed by atoms with E-state index in [1.807, 2.05) is 13.8 Å². The maximum Gasteiger partial charge on any atom is 0.325 e. The summed E-state index contributed by atoms with van der Waals surface area (Å²) in [5, 5.41) is 10.9. The molecule has 0 saturated heterocycles. The molecular formula is C8H16N2O3. The van der Waals surface area contributed by atoms with Gasteiger partial charge in [-0.2, -0.15) is 0 Å². The Labute approximate surface area is 77.7 Å². The van der Waals surface area contributed by atoms with Gasteiger partial charge in [0.25, 0.3) is 0 Å². The number of rotatable bonds is 3. The zero-order valence-corrected chi connectivity index (χ0v) is 8.37. The van der Waals surface area contributed by atoms with Crippen molar-refractivity contribution in [2.24, 2.45) is 0 Å². The van der Waals surface area contributed by atoms with Crippen LogP contribution in [0.4, 0.5) is 4.79 Å². The van der Waals surface area contributed by atoms with Crippen molar-refractivity contribution in [3.63, 3.8) is 0 Å². The topological polar surface area (TPSA) is 69.6 Å². The van der Waals surface area contributed by atoms with Crippen LogP contribution in [-0.2, 0) is 4.79 Å². The normalized spacial score (nSPS) is 12.4. The Morgan fingerprint density at radius 2 is 1.77 bits per heavy atom. The molecule has 5 heteroatoms. The fraction of sp³-hybridized carbons (Fsp3) is 0.750. The molecule has 0 saturated carbocycles. The molecule has 5 nitrogen and oxygen atoms in total. The zero-order valence-electron chi connectivity index (χ0n) is 8.37. The van der Waals surface area contributed by atoms with E-state index in [9.17, 15) is 9.59 Å². The largest absolute Gasteiger partial charge is 0.480 e. The third-order valence-electron chi connectivity index (χ3n) is 1.81. The summed E-state index contributed by atoms with van der Waals surface area (Å²) in [7, 11) is 1.62. The molecule has 1 unspecified atom stereocenters. The highest BCUT2D eigenvalue weighted by Gasteiger charge is 2.17. The van der Waals surface area contributed by atoms with Crippen LogP contribution in [0.25, 0.3) is 0 Å². The Bertz CT molecular complexity index is 204. The van der Waals surface area contributed by atoms with E-state index in [0.29, 0.717) is 0 Å². The number of nitrogens with one attached hydrogen (secondary N) is 1. The van der Waals surface area contributed by atoms with Gasteiger partial charge >= 0.3 is 12.0 Å². The minimum atomic E-state index is -1.04. The molecule has 0 aromatic rings. The Balaban J connectivity index is 4.08. The average Bonchev–Trinajstić information content (AvgIpc) is 2.02. The lowest BCUT2D eigenvalue weighted by molar-refractivity contribution is -0.138. The predicted molar refractivity (Wildman–Crippen MR) is 48.5 cm³/mol. The molecule has 0 spiro atoms. The molecule has 0 bridgehead atoms. The van der Waals surface area contributed by atoms with Gasteiger partial charge in [-0.25, -0.2) is 4.79 Å². The van der Waals surface area contributed by atoms with Crippen molar-refractivity contribution in [1.82, 2.24) is 10.2 Å². The molecule has 0 aromatic carbocycles. The molecule has 13 heavy (non-hydrogen) atoms. The second-order valence-corrected chi connectivity index (χ2v) is 3.21. The van der Waals surface area contributed by atoms with Crippen molar-refractivity contribution in [1.29, 1.82) is 0 Å². The van der Waals surface area contributed by atoms with Crippen molar-refractivity contribution in [2.45, 2.75) is 32.9 Å². The summed E-state index contributed by atoms with van der Waals surface area (Å²) < 4.78 is 0. The number of carbonyl (C=O) groups is 2. The van der Waals surface area contributed by atoms with Crippen LogP contribution in [0.5, 0.6) is 0 Å². The molecule has 0 rings (SSSR count). The van der Waals surface area contributed by atoms with E-state index in [1.165, 1.54) is 11.8 Å². The second kappa shape index (κ2) is 4.69. The predicted octanol–water partition coefficient (Wildman–Crippen LogP) is 0.509. The van der Waals surface area contributed by atoms with Gasteiger partial charge in [0.05, 0.1) is 0 Å². The zero-order chi connectivity index (χ0) is 10.6. The lowest BCUT2D eigenvalue weighted by atomic mass is 10.3. The molecule has 0 aliphatic carbocycles. The van der Waals surface area contributed by atoms with Crippen LogP contribution < -0.4 is 5.32 Å². The van der Waals surface area contributed by atoms with Gasteiger partial charge in [0.1, 0.15) is 6.04 Å². The van der Waals surface area contributed by atoms with E-state index in [2.05, 4.69) is 5.32 Å². The SMILES string of the molecule is CC(NC(=O)N(C)C(C)C)C(=O)O. The molecule has 0 fully saturated rings. The number of carboxylic acid groups (broad SMARTS) is 1. The quantitative estimate of drug-likeness (QED) is 0.678. The van der Waals surface area contributed by atoms with E-state index in [1.54, 1.807) is 7.05 Å². The third-order valence-corrected chi connectivity index (χ3v) is 1.81. The van der Waals surface area contributed by atoms with Gasteiger partial charge in [-0.3, -0.25) is 4.79 Å². The minimum absolute atomic E-state index is 0.0565. The fourth-order valence-corrected chi connectivity index (χ4v) is 0.583. The Hall–Kier alpha value is -1.26. The van der Waals surface area contributed by atoms with Gasteiger partial charge in [-0.1, -0.05) is 0 Å². The number of hydrogen-bond acceptors (Lipinski definition) is 2. The van der Waals surface area contributed by atoms with E-state index < -0.39 is 12.0 Å². The summed E-state index contributed by atoms with van der Waals surface area (Å²) in [6, 6.07) is -1.17. The van der Waals surface area contributed by atoms with Crippen LogP contribution in [0.15, 0.2) is 0 Å². The number of amides is 2. The Morgan fingerprint density at radius 3 is 2.08 bits per heavy atom. The number of hydrogen-bond donors (Lipinski definition) is 2. The van der Waals surface area contributed by atoms with Gasteiger partial charge in [0.2, 0.25) is 0 Å². The molecule has 0 aliphatic heterocycles. The van der Waals surface area contributed by atoms with Crippen LogP contribution in [0.1, 0.15) is 20.8 Å². The summed E-state index contributed by atoms with van der Waals surface area (Å²) in [6.45, 7) is 5.13. The molecular weight excluding hydrogens is 172 g/mol. The Morgan fingerprint density at radius 1 is 1.31 bits per heavy atom. The number of aliphatic carboxylic acids is 1. The van der Waals surface area contributed by atoms with Crippen molar-refractivity contribution in [3.8, 4) is 0 Å². The van der Waals surface area contributed by atoms with Gasteiger partial charge in [0.15, 0.2) is 0 Å². The van der Waals surface area contributed by atoms with Crippen LogP contribution in [0.3, 0.4) is 0 Å². The first-order valence-electron chi connectivity index (χ1n) is 4.12. The van der Waals surface area contributed by atoms with Crippen LogP contribution in [0.2, 0.25) is 0 Å². The maximum absolute atomic E-state index is 11.3. The number of urea groups is 1. The van der Waals surface area contributed by atoms with E-state index in [0.717, 1.165) is 0 Å². The number of carbonyl (C=O) groups excluding carboxylic acids is 1. The summed E-state index contributed by atoms with van der Waals surface area (Å²) in [6.07, 6.45) is 0. The Kier molecular flexibility index (Phi) is 4.23. The maximum atomic E-state index is 11.3. The van der Waals surface area contributed by atoms with Gasteiger partial charge < -0.3 is 15.3 Å². The highest BCUT2D eigenvalue weighted by Crippen LogP contribution is 1.94. The first kappa shape index (κ1) is 11.7. The third kappa shape index (κ3) is 3.78. The molecule has 0 heterocycles. The van der Waals surface area contributed by atoms with E-state index >= 15 is 0 Å². The summed E-state index contributed by atoms with van der Waals surface area (Å²) in [4.78, 5) is 23.1. The highest BCUT2D eigenvalue weighted by molar-refractivity contribution is 5.82. The van der Waals surface area contributed by atoms with Gasteiger partial charge in [-0.15, -0.1) is 0 Å². The lowest BCUT2D eigenvalue weighted by Crippen LogP contribution is -2.47. The second-order valence-electron chi connectivity index (χ2n) is 3.21. The smallest absolute Gasteiger partial charge is 0.325 e. The van der Waals surface area contributed by atoms with Crippen molar-refractivity contribution in [2.75, 3.05) is 7.05 Å². The molecule has 76 valence electrons. The molecule has 1 atom stereocenters. The highest BCUT2D eigenvalue weighted by atomic mass is 16.4. The standard InChI is InChI=1S/C8H16N2O3/c1-5(2)10(4)8(13)9-6(3)7(11)12/h5-6H,1-4H3,(H,9,13)(H,11,12). The first-order valence-corrected chi connectivity index (χ1v) is 4.12. The van der Waals surface area contributed by atoms with Crippen molar-refractivity contribution < 1.29 is 14.7 Å². The molecule has 2 amide bonds. The van der Waals surface area contributed by atoms with Crippen LogP contribution in [-0.4, -0.2) is 41.1 Å².